The first-order chi connectivity index (χ1) is 10.0. The first-order valence-electron chi connectivity index (χ1n) is 8.12. The predicted octanol–water partition coefficient (Wildman–Crippen LogP) is 2.97. The second-order valence-corrected chi connectivity index (χ2v) is 7.43. The summed E-state index contributed by atoms with van der Waals surface area (Å²) in [6.07, 6.45) is 3.72. The lowest BCUT2D eigenvalue weighted by Crippen LogP contribution is -2.61. The smallest absolute Gasteiger partial charge is 0.180 e. The Kier molecular flexibility index (Phi) is 2.74. The highest BCUT2D eigenvalue weighted by atomic mass is 16.3. The van der Waals surface area contributed by atoms with Crippen LogP contribution in [0, 0.1) is 11.8 Å². The molecule has 1 N–H and O–H groups in total. The number of carbonyl (C=O) groups excluding carboxylic acids is 1. The number of phenols is 1. The second kappa shape index (κ2) is 4.33. The maximum atomic E-state index is 13.0. The zero-order valence-corrected chi connectivity index (χ0v) is 12.8. The predicted molar refractivity (Wildman–Crippen MR) is 81.7 cm³/mol. The molecule has 4 rings (SSSR count). The molecule has 1 saturated heterocycles. The van der Waals surface area contributed by atoms with Crippen molar-refractivity contribution in [3.05, 3.63) is 29.3 Å². The van der Waals surface area contributed by atoms with E-state index >= 15 is 0 Å². The number of fused-ring (bicyclic) bond motifs is 4. The maximum absolute atomic E-state index is 13.0. The lowest BCUT2D eigenvalue weighted by molar-refractivity contribution is 0.0265. The van der Waals surface area contributed by atoms with Gasteiger partial charge in [0.25, 0.3) is 0 Å². The van der Waals surface area contributed by atoms with Crippen LogP contribution in [0.5, 0.6) is 5.75 Å². The Morgan fingerprint density at radius 2 is 2.14 bits per heavy atom. The minimum atomic E-state index is 0.00665. The number of benzene rings is 1. The zero-order valence-electron chi connectivity index (χ0n) is 12.8. The molecule has 21 heavy (non-hydrogen) atoms. The zero-order chi connectivity index (χ0) is 14.8. The molecule has 1 aromatic rings. The van der Waals surface area contributed by atoms with Gasteiger partial charge in [0.15, 0.2) is 5.78 Å². The van der Waals surface area contributed by atoms with Crippen LogP contribution >= 0.6 is 0 Å². The molecule has 3 aliphatic rings. The van der Waals surface area contributed by atoms with Crippen LogP contribution in [0.3, 0.4) is 0 Å². The third-order valence-corrected chi connectivity index (χ3v) is 6.13. The van der Waals surface area contributed by atoms with Crippen LogP contribution in [-0.2, 0) is 5.41 Å². The maximum Gasteiger partial charge on any atom is 0.180 e. The fourth-order valence-corrected chi connectivity index (χ4v) is 4.40. The SMILES string of the molecule is C[C@H]1[C@H]2C(=O)c3ccc(O)cc3[C@@]1(C)CCN2CC1CC1. The van der Waals surface area contributed by atoms with Crippen LogP contribution in [-0.4, -0.2) is 34.9 Å². The number of nitrogens with zero attached hydrogens (tertiary/aromatic N) is 1. The number of aromatic hydroxyl groups is 1. The van der Waals surface area contributed by atoms with Crippen LogP contribution in [0.1, 0.15) is 49.0 Å². The molecule has 3 atom stereocenters. The summed E-state index contributed by atoms with van der Waals surface area (Å²) in [6.45, 7) is 6.57. The lowest BCUT2D eigenvalue weighted by Gasteiger charge is -2.53. The van der Waals surface area contributed by atoms with Crippen LogP contribution in [0.25, 0.3) is 0 Å². The number of Topliss-reactive ketones (excluding diaryl/α,β-unsaturated/α-hetero) is 1. The monoisotopic (exact) mass is 285 g/mol. The average molecular weight is 285 g/mol. The Balaban J connectivity index is 1.79. The molecule has 0 spiro atoms. The van der Waals surface area contributed by atoms with E-state index in [0.29, 0.717) is 5.92 Å². The van der Waals surface area contributed by atoms with Gasteiger partial charge < -0.3 is 5.11 Å². The molecule has 0 amide bonds. The van der Waals surface area contributed by atoms with E-state index in [2.05, 4.69) is 18.7 Å². The minimum absolute atomic E-state index is 0.00665. The van der Waals surface area contributed by atoms with Crippen LogP contribution < -0.4 is 0 Å². The Hall–Kier alpha value is -1.35. The Morgan fingerprint density at radius 3 is 2.86 bits per heavy atom. The summed E-state index contributed by atoms with van der Waals surface area (Å²) in [6, 6.07) is 5.32. The summed E-state index contributed by atoms with van der Waals surface area (Å²) in [5.74, 6) is 1.66. The van der Waals surface area contributed by atoms with Crippen LogP contribution in [0.15, 0.2) is 18.2 Å². The van der Waals surface area contributed by atoms with Gasteiger partial charge in [-0.3, -0.25) is 9.69 Å². The third kappa shape index (κ3) is 1.87. The van der Waals surface area contributed by atoms with E-state index in [-0.39, 0.29) is 23.0 Å². The van der Waals surface area contributed by atoms with Gasteiger partial charge in [0.05, 0.1) is 6.04 Å². The second-order valence-electron chi connectivity index (χ2n) is 7.43. The molecule has 3 heteroatoms. The van der Waals surface area contributed by atoms with Crippen molar-refractivity contribution in [3.63, 3.8) is 0 Å². The molecule has 0 radical (unpaired) electrons. The number of ketones is 1. The van der Waals surface area contributed by atoms with E-state index in [0.717, 1.165) is 36.6 Å². The van der Waals surface area contributed by atoms with E-state index in [4.69, 9.17) is 0 Å². The van der Waals surface area contributed by atoms with Crippen LogP contribution in [0.2, 0.25) is 0 Å². The number of piperidine rings is 1. The van der Waals surface area contributed by atoms with Crippen molar-refractivity contribution in [1.29, 1.82) is 0 Å². The summed E-state index contributed by atoms with van der Waals surface area (Å²) >= 11 is 0. The van der Waals surface area contributed by atoms with Gasteiger partial charge in [-0.15, -0.1) is 0 Å². The summed E-state index contributed by atoms with van der Waals surface area (Å²) in [7, 11) is 0. The minimum Gasteiger partial charge on any atom is -0.508 e. The molecule has 1 heterocycles. The van der Waals surface area contributed by atoms with Crippen molar-refractivity contribution in [2.45, 2.75) is 44.6 Å². The number of phenolic OH excluding ortho intramolecular Hbond substituents is 1. The van der Waals surface area contributed by atoms with Gasteiger partial charge in [-0.1, -0.05) is 13.8 Å². The van der Waals surface area contributed by atoms with Gasteiger partial charge in [0.1, 0.15) is 5.75 Å². The fourth-order valence-electron chi connectivity index (χ4n) is 4.40. The Bertz CT molecular complexity index is 607. The molecule has 1 aliphatic heterocycles. The van der Waals surface area contributed by atoms with Gasteiger partial charge >= 0.3 is 0 Å². The fraction of sp³-hybridized carbons (Fsp3) is 0.611. The number of likely N-dealkylation sites (tertiary alicyclic amines) is 1. The first-order valence-corrected chi connectivity index (χ1v) is 8.12. The topological polar surface area (TPSA) is 40.5 Å². The largest absolute Gasteiger partial charge is 0.508 e. The highest BCUT2D eigenvalue weighted by Gasteiger charge is 2.52. The first kappa shape index (κ1) is 13.3. The van der Waals surface area contributed by atoms with E-state index in [9.17, 15) is 9.90 Å². The summed E-state index contributed by atoms with van der Waals surface area (Å²) in [5, 5.41) is 9.83. The highest BCUT2D eigenvalue weighted by molar-refractivity contribution is 6.03. The van der Waals surface area contributed by atoms with E-state index in [1.165, 1.54) is 12.8 Å². The molecular formula is C18H23NO2. The molecule has 3 nitrogen and oxygen atoms in total. The van der Waals surface area contributed by atoms with Crippen molar-refractivity contribution >= 4 is 5.78 Å². The lowest BCUT2D eigenvalue weighted by atomic mass is 9.58. The van der Waals surface area contributed by atoms with E-state index < -0.39 is 0 Å². The van der Waals surface area contributed by atoms with E-state index in [1.54, 1.807) is 6.07 Å². The van der Waals surface area contributed by atoms with Crippen molar-refractivity contribution in [1.82, 2.24) is 4.90 Å². The van der Waals surface area contributed by atoms with Gasteiger partial charge in [0.2, 0.25) is 0 Å². The summed E-state index contributed by atoms with van der Waals surface area (Å²) in [5.41, 5.74) is 1.90. The molecule has 1 aromatic carbocycles. The third-order valence-electron chi connectivity index (χ3n) is 6.13. The van der Waals surface area contributed by atoms with Gasteiger partial charge in [-0.2, -0.15) is 0 Å². The van der Waals surface area contributed by atoms with E-state index in [1.807, 2.05) is 12.1 Å². The molecule has 0 unspecified atom stereocenters. The summed E-state index contributed by atoms with van der Waals surface area (Å²) < 4.78 is 0. The molecule has 2 aliphatic carbocycles. The molecule has 2 bridgehead atoms. The van der Waals surface area contributed by atoms with Crippen molar-refractivity contribution in [3.8, 4) is 5.75 Å². The molecule has 112 valence electrons. The van der Waals surface area contributed by atoms with Gasteiger partial charge in [0, 0.05) is 12.1 Å². The normalized spacial score (nSPS) is 35.6. The highest BCUT2D eigenvalue weighted by Crippen LogP contribution is 2.49. The van der Waals surface area contributed by atoms with Crippen LogP contribution in [0.4, 0.5) is 0 Å². The number of hydrogen-bond donors (Lipinski definition) is 1. The van der Waals surface area contributed by atoms with Gasteiger partial charge in [-0.05, 0) is 66.8 Å². The Morgan fingerprint density at radius 1 is 1.38 bits per heavy atom. The quantitative estimate of drug-likeness (QED) is 0.908. The number of hydrogen-bond acceptors (Lipinski definition) is 3. The van der Waals surface area contributed by atoms with Crippen molar-refractivity contribution < 1.29 is 9.90 Å². The van der Waals surface area contributed by atoms with Gasteiger partial charge in [-0.25, -0.2) is 0 Å². The average Bonchev–Trinajstić information content (AvgIpc) is 3.25. The molecular weight excluding hydrogens is 262 g/mol. The standard InChI is InChI=1S/C18H23NO2/c1-11-16-17(21)14-6-5-13(20)9-15(14)18(11,2)7-8-19(16)10-12-3-4-12/h5-6,9,11-12,16,20H,3-4,7-8,10H2,1-2H3/t11-,16-,18-/m0/s1. The van der Waals surface area contributed by atoms with Crippen molar-refractivity contribution in [2.75, 3.05) is 13.1 Å². The molecule has 1 saturated carbocycles. The Labute approximate surface area is 126 Å². The van der Waals surface area contributed by atoms with Crippen molar-refractivity contribution in [2.24, 2.45) is 11.8 Å². The number of rotatable bonds is 2. The molecule has 2 fully saturated rings. The number of carbonyl (C=O) groups is 1. The molecule has 0 aromatic heterocycles. The summed E-state index contributed by atoms with van der Waals surface area (Å²) in [4.78, 5) is 15.4.